The molecule has 30 heteroatoms. The van der Waals surface area contributed by atoms with Gasteiger partial charge in [-0.25, -0.2) is 42.5 Å². The molecule has 0 N–H and O–H groups in total. The van der Waals surface area contributed by atoms with Gasteiger partial charge in [0.05, 0.1) is 55.0 Å². The summed E-state index contributed by atoms with van der Waals surface area (Å²) in [5, 5.41) is 5.84. The molecule has 3 saturated heterocycles. The first-order valence-electron chi connectivity index (χ1n) is 31.4. The number of hydrogen-bond donors (Lipinski definition) is 0. The van der Waals surface area contributed by atoms with Gasteiger partial charge in [0.15, 0.2) is 32.5 Å². The summed E-state index contributed by atoms with van der Waals surface area (Å²) in [6.45, 7) is 9.62. The van der Waals surface area contributed by atoms with Crippen molar-refractivity contribution in [2.45, 2.75) is 52.0 Å². The molecule has 0 spiro atoms. The van der Waals surface area contributed by atoms with Crippen molar-refractivity contribution in [1.29, 1.82) is 0 Å². The average Bonchev–Trinajstić information content (AvgIpc) is 0.998. The molecule has 13 rings (SSSR count). The van der Waals surface area contributed by atoms with Gasteiger partial charge in [-0.3, -0.25) is 34.5 Å². The van der Waals surface area contributed by atoms with Crippen molar-refractivity contribution in [3.63, 3.8) is 0 Å². The third kappa shape index (κ3) is 14.5. The van der Waals surface area contributed by atoms with Gasteiger partial charge < -0.3 is 38.4 Å². The first-order valence-corrected chi connectivity index (χ1v) is 36.4. The van der Waals surface area contributed by atoms with Crippen molar-refractivity contribution in [2.24, 2.45) is 15.0 Å². The lowest BCUT2D eigenvalue weighted by atomic mass is 9.93. The lowest BCUT2D eigenvalue weighted by Crippen LogP contribution is -2.51. The van der Waals surface area contributed by atoms with Crippen molar-refractivity contribution in [1.82, 2.24) is 44.4 Å². The van der Waals surface area contributed by atoms with Crippen molar-refractivity contribution in [3.8, 4) is 10.8 Å². The Kier molecular flexibility index (Phi) is 21.0. The SMILES string of the molecule is CCOC(=O)C1=C2CN(Cc3ccc(Oc4cnc(C5=NC(c6ccc(F)cc6Br)C(C(=O)OCC)=C6CN(C)CCN56)s4)cc3)CCN2C(c2nc(COC(=O)CN3CCN4C(c5nccs5)=N[C@@H](c5ccc(F)cc5Br)C(C(=O)OCC)=C4C3)cs2)=NC1c1ccc(F)cc1Br. The second-order valence-electron chi connectivity index (χ2n) is 23.3. The van der Waals surface area contributed by atoms with E-state index in [9.17, 15) is 32.3 Å². The molecule has 0 saturated carbocycles. The highest BCUT2D eigenvalue weighted by atomic mass is 79.9. The Labute approximate surface area is 599 Å². The number of halogens is 6. The molecule has 21 nitrogen and oxygen atoms in total. The average molecular weight is 1580 g/mol. The smallest absolute Gasteiger partial charge is 0.338 e. The lowest BCUT2D eigenvalue weighted by Gasteiger charge is -2.42. The maximum Gasteiger partial charge on any atom is 0.338 e. The number of nitrogens with zero attached hydrogens (tertiary/aromatic N) is 12. The third-order valence-electron chi connectivity index (χ3n) is 17.0. The van der Waals surface area contributed by atoms with Gasteiger partial charge in [0.1, 0.15) is 47.9 Å². The van der Waals surface area contributed by atoms with Gasteiger partial charge in [-0.1, -0.05) is 89.5 Å². The van der Waals surface area contributed by atoms with Crippen LogP contribution in [0.1, 0.15) is 81.9 Å². The van der Waals surface area contributed by atoms with Crippen LogP contribution in [-0.2, 0) is 51.3 Å². The Hall–Kier alpha value is -7.81. The van der Waals surface area contributed by atoms with Crippen LogP contribution in [0.25, 0.3) is 0 Å². The summed E-state index contributed by atoms with van der Waals surface area (Å²) in [5.74, 6) is -1.40. The third-order valence-corrected chi connectivity index (χ3v) is 21.6. The van der Waals surface area contributed by atoms with Crippen molar-refractivity contribution in [3.05, 3.63) is 210 Å². The fraction of sp³-hybridized carbons (Fsp3) is 0.324. The monoisotopic (exact) mass is 1580 g/mol. The van der Waals surface area contributed by atoms with Crippen LogP contribution < -0.4 is 4.74 Å². The molecular weight excluding hydrogens is 1520 g/mol. The number of likely N-dealkylation sites (N-methyl/N-ethyl adjacent to an activating group) is 1. The summed E-state index contributed by atoms with van der Waals surface area (Å²) in [6, 6.07) is 17.9. The van der Waals surface area contributed by atoms with E-state index in [1.807, 2.05) is 56.3 Å². The van der Waals surface area contributed by atoms with Crippen LogP contribution in [0.3, 0.4) is 0 Å². The van der Waals surface area contributed by atoms with E-state index < -0.39 is 59.5 Å². The molecule has 98 heavy (non-hydrogen) atoms. The number of ether oxygens (including phenoxy) is 5. The molecule has 508 valence electrons. The summed E-state index contributed by atoms with van der Waals surface area (Å²) in [5.41, 5.74) is 6.02. The van der Waals surface area contributed by atoms with Crippen molar-refractivity contribution < 1.29 is 56.0 Å². The number of piperazine rings is 3. The second-order valence-corrected chi connectivity index (χ2v) is 28.6. The first-order chi connectivity index (χ1) is 47.4. The van der Waals surface area contributed by atoms with Crippen molar-refractivity contribution >= 4 is 123 Å². The van der Waals surface area contributed by atoms with E-state index in [1.165, 1.54) is 70.4 Å². The number of amidine groups is 3. The summed E-state index contributed by atoms with van der Waals surface area (Å²) in [4.78, 5) is 97.9. The summed E-state index contributed by atoms with van der Waals surface area (Å²) < 4.78 is 74.3. The van der Waals surface area contributed by atoms with Crippen LogP contribution >= 0.6 is 81.8 Å². The quantitative estimate of drug-likeness (QED) is 0.0513. The number of hydrogen-bond acceptors (Lipinski definition) is 24. The highest BCUT2D eigenvalue weighted by Crippen LogP contribution is 2.45. The highest BCUT2D eigenvalue weighted by Gasteiger charge is 2.44. The number of fused-ring (bicyclic) bond motifs is 3. The fourth-order valence-corrected chi connectivity index (χ4v) is 16.5. The maximum atomic E-state index is 14.8. The number of aromatic nitrogens is 3. The number of benzene rings is 4. The molecule has 3 atom stereocenters. The number of rotatable bonds is 20. The zero-order valence-electron chi connectivity index (χ0n) is 53.2. The molecule has 0 amide bonds. The number of carbonyl (C=O) groups is 4. The lowest BCUT2D eigenvalue weighted by molar-refractivity contribution is -0.146. The van der Waals surface area contributed by atoms with E-state index in [4.69, 9.17) is 48.6 Å². The molecule has 3 aromatic heterocycles. The van der Waals surface area contributed by atoms with Crippen molar-refractivity contribution in [2.75, 3.05) is 92.3 Å². The minimum absolute atomic E-state index is 0.0956. The van der Waals surface area contributed by atoms with Crippen LogP contribution in [0.4, 0.5) is 13.2 Å². The van der Waals surface area contributed by atoms with Gasteiger partial charge in [0.25, 0.3) is 0 Å². The van der Waals surface area contributed by atoms with E-state index in [1.54, 1.807) is 56.7 Å². The Morgan fingerprint density at radius 1 is 0.561 bits per heavy atom. The van der Waals surface area contributed by atoms with E-state index in [0.717, 1.165) is 11.3 Å². The van der Waals surface area contributed by atoms with E-state index in [-0.39, 0.29) is 45.1 Å². The normalized spacial score (nSPS) is 19.1. The Bertz CT molecular complexity index is 4470. The number of thiazole rings is 3. The molecule has 4 aromatic carbocycles. The Balaban J connectivity index is 0.710. The number of aliphatic imine (C=N–C) groups is 3. The van der Waals surface area contributed by atoms with Crippen LogP contribution in [0.2, 0.25) is 0 Å². The topological polar surface area (TPSA) is 210 Å². The molecule has 6 aliphatic rings. The Morgan fingerprint density at radius 2 is 1.05 bits per heavy atom. The predicted molar refractivity (Wildman–Crippen MR) is 373 cm³/mol. The standard InChI is InChI=1S/C68H62Br3F3N12O9S3/c1-5-91-66(88)54-49-31-81(4)19-22-84(49)61(79-57(54)43-15-10-38(72)26-46(43)69)64-76-29-53(98-64)95-42-13-8-37(9-14-42)30-82-20-23-86-50(32-82)55(67(89)92-6-2)59(45-17-12-40(74)28-48(45)71)80-62(86)65-77-41(36-97-65)35-94-52(87)34-83-21-24-85-51(33-83)56(68(90)93-7-3)58(44-16-11-39(73)27-47(44)70)78-60(85)63-75-18-25-96-63/h8-18,25-29,36,57-59H,5-7,19-24,30-35H2,1-4H3/t57?,58-,59?/m0/s1. The largest absolute Gasteiger partial charge is 0.463 e. The molecule has 6 aliphatic heterocycles. The van der Waals surface area contributed by atoms with Gasteiger partial charge in [0.2, 0.25) is 5.06 Å². The van der Waals surface area contributed by atoms with E-state index >= 15 is 0 Å². The number of carbonyl (C=O) groups excluding carboxylic acids is 4. The second kappa shape index (κ2) is 29.9. The molecule has 0 bridgehead atoms. The Morgan fingerprint density at radius 3 is 1.56 bits per heavy atom. The zero-order valence-corrected chi connectivity index (χ0v) is 60.4. The first kappa shape index (κ1) is 68.7. The van der Waals surface area contributed by atoms with Gasteiger partial charge in [-0.15, -0.1) is 22.7 Å². The summed E-state index contributed by atoms with van der Waals surface area (Å²) in [7, 11) is 1.98. The van der Waals surface area contributed by atoms with Gasteiger partial charge >= 0.3 is 23.9 Å². The predicted octanol–water partition coefficient (Wildman–Crippen LogP) is 11.9. The van der Waals surface area contributed by atoms with E-state index in [0.29, 0.717) is 161 Å². The molecule has 7 aromatic rings. The summed E-state index contributed by atoms with van der Waals surface area (Å²) in [6.07, 6.45) is 3.32. The minimum Gasteiger partial charge on any atom is -0.463 e. The molecule has 2 unspecified atom stereocenters. The maximum absolute atomic E-state index is 14.8. The van der Waals surface area contributed by atoms with Gasteiger partial charge in [0, 0.05) is 113 Å². The van der Waals surface area contributed by atoms with Crippen LogP contribution in [0.5, 0.6) is 10.8 Å². The fourth-order valence-electron chi connectivity index (χ4n) is 12.5. The van der Waals surface area contributed by atoms with Crippen LogP contribution in [0.15, 0.2) is 164 Å². The minimum atomic E-state index is -0.940. The van der Waals surface area contributed by atoms with Crippen LogP contribution in [-0.4, -0.2) is 178 Å². The molecule has 0 aliphatic carbocycles. The van der Waals surface area contributed by atoms with Gasteiger partial charge in [-0.05, 0) is 98.6 Å². The van der Waals surface area contributed by atoms with Crippen LogP contribution in [0, 0.1) is 17.5 Å². The molecule has 0 radical (unpaired) electrons. The molecular formula is C68H62Br3F3N12O9S3. The highest BCUT2D eigenvalue weighted by molar-refractivity contribution is 9.11. The summed E-state index contributed by atoms with van der Waals surface area (Å²) >= 11 is 14.6. The zero-order chi connectivity index (χ0) is 68.5. The molecule has 9 heterocycles. The van der Waals surface area contributed by atoms with E-state index in [2.05, 4.69) is 62.6 Å². The number of esters is 4. The van der Waals surface area contributed by atoms with Gasteiger partial charge in [-0.2, -0.15) is 0 Å². The molecule has 3 fully saturated rings.